The van der Waals surface area contributed by atoms with Gasteiger partial charge >= 0.3 is 0 Å². The highest BCUT2D eigenvalue weighted by Gasteiger charge is 2.36. The van der Waals surface area contributed by atoms with Crippen LogP contribution in [0.4, 0.5) is 0 Å². The average Bonchev–Trinajstić information content (AvgIpc) is 3.55. The molecular formula is C32H22N2O. The van der Waals surface area contributed by atoms with E-state index in [2.05, 4.69) is 108 Å². The second-order valence-electron chi connectivity index (χ2n) is 10.1. The summed E-state index contributed by atoms with van der Waals surface area (Å²) in [6, 6.07) is 33.1. The number of benzene rings is 5. The van der Waals surface area contributed by atoms with Crippen LogP contribution in [0.3, 0.4) is 0 Å². The monoisotopic (exact) mass is 450 g/mol. The Morgan fingerprint density at radius 1 is 0.714 bits per heavy atom. The number of nitrogens with zero attached hydrogens (tertiary/aromatic N) is 2. The number of rotatable bonds is 1. The Labute approximate surface area is 202 Å². The van der Waals surface area contributed by atoms with E-state index in [0.717, 1.165) is 16.8 Å². The van der Waals surface area contributed by atoms with Gasteiger partial charge in [-0.2, -0.15) is 0 Å². The van der Waals surface area contributed by atoms with Crippen LogP contribution in [0.15, 0.2) is 102 Å². The summed E-state index contributed by atoms with van der Waals surface area (Å²) in [5.74, 6) is 0. The fraction of sp³-hybridized carbons (Fsp3) is 0.0938. The molecule has 0 bridgehead atoms. The maximum Gasteiger partial charge on any atom is 0.181 e. The molecule has 0 aliphatic heterocycles. The minimum atomic E-state index is -0.0608. The van der Waals surface area contributed by atoms with E-state index in [4.69, 9.17) is 4.42 Å². The van der Waals surface area contributed by atoms with Gasteiger partial charge in [0.25, 0.3) is 0 Å². The Morgan fingerprint density at radius 2 is 1.49 bits per heavy atom. The Morgan fingerprint density at radius 3 is 2.43 bits per heavy atom. The molecule has 3 nitrogen and oxygen atoms in total. The molecule has 0 N–H and O–H groups in total. The Balaban J connectivity index is 1.55. The largest absolute Gasteiger partial charge is 0.443 e. The number of fused-ring (bicyclic) bond motifs is 10. The highest BCUT2D eigenvalue weighted by Crippen LogP contribution is 2.52. The van der Waals surface area contributed by atoms with Gasteiger partial charge in [-0.15, -0.1) is 0 Å². The van der Waals surface area contributed by atoms with Crippen LogP contribution >= 0.6 is 0 Å². The molecule has 0 radical (unpaired) electrons. The predicted molar refractivity (Wildman–Crippen MR) is 143 cm³/mol. The van der Waals surface area contributed by atoms with Gasteiger partial charge < -0.3 is 8.98 Å². The minimum absolute atomic E-state index is 0.0608. The first-order chi connectivity index (χ1) is 17.1. The molecule has 5 aromatic carbocycles. The second kappa shape index (κ2) is 6.39. The molecule has 7 aromatic rings. The molecule has 166 valence electrons. The maximum atomic E-state index is 5.67. The summed E-state index contributed by atoms with van der Waals surface area (Å²) in [7, 11) is 0. The summed E-state index contributed by atoms with van der Waals surface area (Å²) in [5, 5.41) is 5.11. The molecule has 2 aromatic heterocycles. The molecular weight excluding hydrogens is 428 g/mol. The fourth-order valence-corrected chi connectivity index (χ4v) is 6.41. The third kappa shape index (κ3) is 2.33. The van der Waals surface area contributed by atoms with Crippen LogP contribution in [0.5, 0.6) is 0 Å². The van der Waals surface area contributed by atoms with Crippen molar-refractivity contribution in [3.05, 3.63) is 109 Å². The van der Waals surface area contributed by atoms with E-state index in [9.17, 15) is 0 Å². The Kier molecular flexibility index (Phi) is 3.47. The van der Waals surface area contributed by atoms with Gasteiger partial charge in [0, 0.05) is 27.6 Å². The topological polar surface area (TPSA) is 31.0 Å². The molecule has 0 unspecified atom stereocenters. The number of para-hydroxylation sites is 1. The van der Waals surface area contributed by atoms with E-state index in [1.54, 1.807) is 0 Å². The second-order valence-corrected chi connectivity index (χ2v) is 10.1. The van der Waals surface area contributed by atoms with Crippen molar-refractivity contribution in [1.29, 1.82) is 0 Å². The van der Waals surface area contributed by atoms with Crippen molar-refractivity contribution in [1.82, 2.24) is 9.55 Å². The van der Waals surface area contributed by atoms with E-state index >= 15 is 0 Å². The normalized spacial score (nSPS) is 14.2. The third-order valence-electron chi connectivity index (χ3n) is 7.92. The van der Waals surface area contributed by atoms with Crippen LogP contribution in [-0.4, -0.2) is 9.55 Å². The molecule has 0 amide bonds. The molecule has 8 rings (SSSR count). The zero-order valence-corrected chi connectivity index (χ0v) is 19.5. The van der Waals surface area contributed by atoms with Crippen LogP contribution in [0.25, 0.3) is 60.5 Å². The SMILES string of the molecule is CC1(C)c2ccccc2-c2ccc3c(ccc4c5ccccc5n(-c5ccc6ncoc6c5)c34)c21. The van der Waals surface area contributed by atoms with Gasteiger partial charge in [-0.25, -0.2) is 4.98 Å². The Hall–Kier alpha value is -4.37. The lowest BCUT2D eigenvalue weighted by molar-refractivity contribution is 0.602. The smallest absolute Gasteiger partial charge is 0.181 e. The highest BCUT2D eigenvalue weighted by molar-refractivity contribution is 6.20. The lowest BCUT2D eigenvalue weighted by atomic mass is 9.80. The van der Waals surface area contributed by atoms with Crippen LogP contribution in [0.1, 0.15) is 25.0 Å². The summed E-state index contributed by atoms with van der Waals surface area (Å²) in [5.41, 5.74) is 10.6. The standard InChI is InChI=1S/C32H22N2O/c1-32(2)26-9-5-3-7-20(26)22-12-15-25-23(30(22)32)13-14-24-21-8-4-6-10-28(21)34(31(24)25)19-11-16-27-29(17-19)35-18-33-27/h3-18H,1-2H3. The lowest BCUT2D eigenvalue weighted by Crippen LogP contribution is -2.15. The molecule has 0 atom stereocenters. The van der Waals surface area contributed by atoms with E-state index in [-0.39, 0.29) is 5.41 Å². The van der Waals surface area contributed by atoms with E-state index in [1.165, 1.54) is 61.2 Å². The first-order valence-electron chi connectivity index (χ1n) is 12.1. The highest BCUT2D eigenvalue weighted by atomic mass is 16.3. The van der Waals surface area contributed by atoms with E-state index in [0.29, 0.717) is 0 Å². The van der Waals surface area contributed by atoms with Crippen molar-refractivity contribution >= 4 is 43.7 Å². The minimum Gasteiger partial charge on any atom is -0.443 e. The maximum absolute atomic E-state index is 5.67. The molecule has 0 saturated heterocycles. The Bertz CT molecular complexity index is 1990. The quantitative estimate of drug-likeness (QED) is 0.251. The molecule has 35 heavy (non-hydrogen) atoms. The number of hydrogen-bond donors (Lipinski definition) is 0. The van der Waals surface area contributed by atoms with Gasteiger partial charge in [-0.05, 0) is 45.8 Å². The zero-order chi connectivity index (χ0) is 23.3. The first-order valence-corrected chi connectivity index (χ1v) is 12.1. The van der Waals surface area contributed by atoms with Crippen LogP contribution in [0, 0.1) is 0 Å². The van der Waals surface area contributed by atoms with Crippen LogP contribution < -0.4 is 0 Å². The van der Waals surface area contributed by atoms with E-state index < -0.39 is 0 Å². The fourth-order valence-electron chi connectivity index (χ4n) is 6.41. The third-order valence-corrected chi connectivity index (χ3v) is 7.92. The van der Waals surface area contributed by atoms with Crippen LogP contribution in [0.2, 0.25) is 0 Å². The zero-order valence-electron chi connectivity index (χ0n) is 19.5. The summed E-state index contributed by atoms with van der Waals surface area (Å²) in [6.07, 6.45) is 1.51. The van der Waals surface area contributed by atoms with Gasteiger partial charge in [0.05, 0.1) is 16.7 Å². The molecule has 0 fully saturated rings. The van der Waals surface area contributed by atoms with Crippen molar-refractivity contribution < 1.29 is 4.42 Å². The average molecular weight is 451 g/mol. The molecule has 0 spiro atoms. The van der Waals surface area contributed by atoms with Gasteiger partial charge in [0.15, 0.2) is 12.0 Å². The molecule has 2 heterocycles. The number of oxazole rings is 1. The van der Waals surface area contributed by atoms with Crippen molar-refractivity contribution in [2.45, 2.75) is 19.3 Å². The molecule has 0 saturated carbocycles. The molecule has 3 heteroatoms. The first kappa shape index (κ1) is 19.0. The van der Waals surface area contributed by atoms with Gasteiger partial charge in [0.1, 0.15) is 5.52 Å². The number of aromatic nitrogens is 2. The summed E-state index contributed by atoms with van der Waals surface area (Å²) < 4.78 is 8.05. The number of hydrogen-bond acceptors (Lipinski definition) is 2. The summed E-state index contributed by atoms with van der Waals surface area (Å²) >= 11 is 0. The predicted octanol–water partition coefficient (Wildman–Crippen LogP) is 8.38. The summed E-state index contributed by atoms with van der Waals surface area (Å²) in [6.45, 7) is 4.71. The summed E-state index contributed by atoms with van der Waals surface area (Å²) in [4.78, 5) is 4.31. The molecule has 1 aliphatic carbocycles. The molecule has 1 aliphatic rings. The van der Waals surface area contributed by atoms with Crippen molar-refractivity contribution in [3.8, 4) is 16.8 Å². The van der Waals surface area contributed by atoms with Crippen molar-refractivity contribution in [2.75, 3.05) is 0 Å². The lowest BCUT2D eigenvalue weighted by Gasteiger charge is -2.23. The van der Waals surface area contributed by atoms with Crippen molar-refractivity contribution in [3.63, 3.8) is 0 Å². The van der Waals surface area contributed by atoms with Gasteiger partial charge in [0.2, 0.25) is 0 Å². The van der Waals surface area contributed by atoms with E-state index in [1.807, 2.05) is 6.07 Å². The van der Waals surface area contributed by atoms with Gasteiger partial charge in [-0.3, -0.25) is 0 Å². The van der Waals surface area contributed by atoms with Crippen LogP contribution in [-0.2, 0) is 5.41 Å². The van der Waals surface area contributed by atoms with Crippen molar-refractivity contribution in [2.24, 2.45) is 0 Å². The van der Waals surface area contributed by atoms with Gasteiger partial charge in [-0.1, -0.05) is 80.6 Å².